The van der Waals surface area contributed by atoms with Crippen molar-refractivity contribution in [2.45, 2.75) is 44.8 Å². The van der Waals surface area contributed by atoms with Gasteiger partial charge in [0.05, 0.1) is 12.3 Å². The van der Waals surface area contributed by atoms with Crippen LogP contribution >= 0.6 is 11.3 Å². The van der Waals surface area contributed by atoms with Crippen LogP contribution in [0.3, 0.4) is 0 Å². The summed E-state index contributed by atoms with van der Waals surface area (Å²) in [6.07, 6.45) is 6.69. The van der Waals surface area contributed by atoms with E-state index in [9.17, 15) is 9.50 Å². The molecule has 1 aliphatic heterocycles. The van der Waals surface area contributed by atoms with Gasteiger partial charge in [-0.1, -0.05) is 0 Å². The van der Waals surface area contributed by atoms with Crippen LogP contribution in [0.5, 0.6) is 5.75 Å². The summed E-state index contributed by atoms with van der Waals surface area (Å²) in [5.74, 6) is 0.381. The summed E-state index contributed by atoms with van der Waals surface area (Å²) in [6, 6.07) is 10.1. The van der Waals surface area contributed by atoms with E-state index in [-0.39, 0.29) is 5.82 Å². The Kier molecular flexibility index (Phi) is 6.95. The monoisotopic (exact) mass is 441 g/mol. The van der Waals surface area contributed by atoms with Crippen LogP contribution in [0.2, 0.25) is 0 Å². The molecule has 1 saturated heterocycles. The van der Waals surface area contributed by atoms with Gasteiger partial charge in [0.1, 0.15) is 22.2 Å². The molecular formula is C24H28FN3O2S. The third-order valence-electron chi connectivity index (χ3n) is 5.76. The van der Waals surface area contributed by atoms with Gasteiger partial charge >= 0.3 is 0 Å². The summed E-state index contributed by atoms with van der Waals surface area (Å²) in [4.78, 5) is 12.3. The maximum Gasteiger partial charge on any atom is 0.125 e. The van der Waals surface area contributed by atoms with Gasteiger partial charge in [0.15, 0.2) is 0 Å². The molecule has 5 nitrogen and oxygen atoms in total. The third-order valence-corrected chi connectivity index (χ3v) is 7.17. The maximum absolute atomic E-state index is 13.0. The molecule has 1 aromatic carbocycles. The molecule has 4 rings (SSSR count). The van der Waals surface area contributed by atoms with E-state index in [1.807, 2.05) is 31.5 Å². The largest absolute Gasteiger partial charge is 0.493 e. The molecule has 0 bridgehead atoms. The number of pyridine rings is 1. The van der Waals surface area contributed by atoms with Crippen molar-refractivity contribution in [2.24, 2.45) is 0 Å². The molecule has 7 heteroatoms. The predicted molar refractivity (Wildman–Crippen MR) is 120 cm³/mol. The first-order chi connectivity index (χ1) is 15.0. The van der Waals surface area contributed by atoms with Crippen molar-refractivity contribution in [3.8, 4) is 5.75 Å². The van der Waals surface area contributed by atoms with Crippen LogP contribution in [0, 0.1) is 12.7 Å². The number of aliphatic hydroxyl groups is 1. The van der Waals surface area contributed by atoms with Crippen LogP contribution in [0.15, 0.2) is 48.8 Å². The highest BCUT2D eigenvalue weighted by Gasteiger charge is 2.35. The quantitative estimate of drug-likeness (QED) is 0.586. The number of aromatic nitrogens is 2. The van der Waals surface area contributed by atoms with Gasteiger partial charge in [0.25, 0.3) is 0 Å². The van der Waals surface area contributed by atoms with E-state index < -0.39 is 5.60 Å². The van der Waals surface area contributed by atoms with E-state index in [1.165, 1.54) is 17.7 Å². The van der Waals surface area contributed by atoms with Crippen LogP contribution in [0.1, 0.15) is 40.4 Å². The first-order valence-corrected chi connectivity index (χ1v) is 11.5. The first kappa shape index (κ1) is 21.9. The van der Waals surface area contributed by atoms with Gasteiger partial charge in [-0.05, 0) is 74.7 Å². The lowest BCUT2D eigenvalue weighted by molar-refractivity contribution is 0.0207. The topological polar surface area (TPSA) is 58.5 Å². The highest BCUT2D eigenvalue weighted by Crippen LogP contribution is 2.37. The lowest BCUT2D eigenvalue weighted by atomic mass is 9.96. The summed E-state index contributed by atoms with van der Waals surface area (Å²) in [5, 5.41) is 12.2. The summed E-state index contributed by atoms with van der Waals surface area (Å²) < 4.78 is 18.7. The molecule has 1 aliphatic rings. The molecule has 0 amide bonds. The van der Waals surface area contributed by atoms with Gasteiger partial charge in [-0.3, -0.25) is 9.88 Å². The Morgan fingerprint density at radius 2 is 1.90 bits per heavy atom. The summed E-state index contributed by atoms with van der Waals surface area (Å²) >= 11 is 1.59. The highest BCUT2D eigenvalue weighted by molar-refractivity contribution is 7.11. The second-order valence-corrected chi connectivity index (χ2v) is 9.18. The van der Waals surface area contributed by atoms with Crippen molar-refractivity contribution in [3.63, 3.8) is 0 Å². The molecule has 3 heterocycles. The number of likely N-dealkylation sites (tertiary alicyclic amines) is 1. The molecule has 3 aromatic rings. The average Bonchev–Trinajstić information content (AvgIpc) is 3.04. The highest BCUT2D eigenvalue weighted by atomic mass is 32.1. The number of rotatable bonds is 7. The molecule has 0 spiro atoms. The smallest absolute Gasteiger partial charge is 0.125 e. The summed E-state index contributed by atoms with van der Waals surface area (Å²) in [5.41, 5.74) is 1.32. The average molecular weight is 442 g/mol. The molecular weight excluding hydrogens is 413 g/mol. The second-order valence-electron chi connectivity index (χ2n) is 8.10. The third kappa shape index (κ3) is 5.67. The number of hydrogen-bond donors (Lipinski definition) is 1. The number of thiazole rings is 1. The number of hydrogen-bond acceptors (Lipinski definition) is 6. The minimum Gasteiger partial charge on any atom is -0.493 e. The molecule has 1 N–H and O–H groups in total. The van der Waals surface area contributed by atoms with E-state index in [4.69, 9.17) is 9.72 Å². The number of ether oxygens (including phenoxy) is 1. The lowest BCUT2D eigenvalue weighted by Gasteiger charge is -2.24. The van der Waals surface area contributed by atoms with Crippen molar-refractivity contribution in [1.82, 2.24) is 14.9 Å². The van der Waals surface area contributed by atoms with Crippen LogP contribution in [-0.2, 0) is 18.6 Å². The van der Waals surface area contributed by atoms with Gasteiger partial charge in [-0.15, -0.1) is 11.3 Å². The Morgan fingerprint density at radius 3 is 2.68 bits per heavy atom. The van der Waals surface area contributed by atoms with Crippen LogP contribution in [0.25, 0.3) is 0 Å². The number of nitrogens with zero attached hydrogens (tertiary/aromatic N) is 3. The summed E-state index contributed by atoms with van der Waals surface area (Å²) in [7, 11) is 0. The molecule has 0 radical (unpaired) electrons. The fourth-order valence-corrected chi connectivity index (χ4v) is 5.13. The molecule has 1 atom stereocenters. The number of benzene rings is 1. The van der Waals surface area contributed by atoms with Gasteiger partial charge in [-0.25, -0.2) is 9.37 Å². The summed E-state index contributed by atoms with van der Waals surface area (Å²) in [6.45, 7) is 5.16. The lowest BCUT2D eigenvalue weighted by Crippen LogP contribution is -2.29. The molecule has 31 heavy (non-hydrogen) atoms. The van der Waals surface area contributed by atoms with Crippen molar-refractivity contribution >= 4 is 11.3 Å². The van der Waals surface area contributed by atoms with Crippen LogP contribution in [-0.4, -0.2) is 39.7 Å². The standard InChI is InChI=1S/C24H28FN3O2S/c1-18-22(9-16-30-21-5-3-20(25)4-6-21)31-23(27-18)24(29)10-2-14-28(15-11-24)17-19-7-12-26-13-8-19/h3-8,12-13,29H,2,9-11,14-17H2,1H3/t24-/m0/s1. The van der Waals surface area contributed by atoms with E-state index in [2.05, 4.69) is 9.88 Å². The number of halogens is 1. The normalized spacial score (nSPS) is 19.8. The zero-order valence-corrected chi connectivity index (χ0v) is 18.6. The van der Waals surface area contributed by atoms with Gasteiger partial charge < -0.3 is 9.84 Å². The van der Waals surface area contributed by atoms with Crippen molar-refractivity contribution in [3.05, 3.63) is 75.8 Å². The van der Waals surface area contributed by atoms with Gasteiger partial charge in [0.2, 0.25) is 0 Å². The Bertz CT molecular complexity index is 980. The zero-order chi connectivity index (χ0) is 21.7. The van der Waals surface area contributed by atoms with E-state index in [0.29, 0.717) is 25.2 Å². The molecule has 2 aromatic heterocycles. The van der Waals surface area contributed by atoms with E-state index in [1.54, 1.807) is 23.5 Å². The fraction of sp³-hybridized carbons (Fsp3) is 0.417. The minimum absolute atomic E-state index is 0.272. The Hall–Kier alpha value is -2.35. The predicted octanol–water partition coefficient (Wildman–Crippen LogP) is 4.48. The van der Waals surface area contributed by atoms with Crippen molar-refractivity contribution < 1.29 is 14.2 Å². The molecule has 0 saturated carbocycles. The molecule has 0 unspecified atom stereocenters. The molecule has 1 fully saturated rings. The molecule has 0 aliphatic carbocycles. The van der Waals surface area contributed by atoms with E-state index >= 15 is 0 Å². The Morgan fingerprint density at radius 1 is 1.13 bits per heavy atom. The zero-order valence-electron chi connectivity index (χ0n) is 17.8. The van der Waals surface area contributed by atoms with Gasteiger partial charge in [-0.2, -0.15) is 0 Å². The first-order valence-electron chi connectivity index (χ1n) is 10.7. The van der Waals surface area contributed by atoms with Crippen LogP contribution < -0.4 is 4.74 Å². The Balaban J connectivity index is 1.35. The Labute approximate surface area is 186 Å². The second kappa shape index (κ2) is 9.85. The van der Waals surface area contributed by atoms with E-state index in [0.717, 1.165) is 48.1 Å². The van der Waals surface area contributed by atoms with Crippen molar-refractivity contribution in [1.29, 1.82) is 0 Å². The SMILES string of the molecule is Cc1nc([C@]2(O)CCCN(Cc3ccncc3)CC2)sc1CCOc1ccc(F)cc1. The van der Waals surface area contributed by atoms with Gasteiger partial charge in [0, 0.05) is 36.8 Å². The number of aryl methyl sites for hydroxylation is 1. The van der Waals surface area contributed by atoms with Crippen LogP contribution in [0.4, 0.5) is 4.39 Å². The minimum atomic E-state index is -0.877. The molecule has 164 valence electrons. The maximum atomic E-state index is 13.0. The fourth-order valence-electron chi connectivity index (χ4n) is 3.94. The van der Waals surface area contributed by atoms with Crippen molar-refractivity contribution in [2.75, 3.05) is 19.7 Å².